The van der Waals surface area contributed by atoms with Gasteiger partial charge in [0.05, 0.1) is 0 Å². The van der Waals surface area contributed by atoms with Crippen LogP contribution in [-0.2, 0) is 0 Å². The number of halogens is 1. The largest absolute Gasteiger partial charge is 0.374 e. The van der Waals surface area contributed by atoms with E-state index in [1.54, 1.807) is 0 Å². The number of benzene rings is 1. The predicted octanol–water partition coefficient (Wildman–Crippen LogP) is 3.85. The molecule has 0 unspecified atom stereocenters. The normalized spacial score (nSPS) is 11.5. The second-order valence-electron chi connectivity index (χ2n) is 4.99. The standard InChI is InChI=1S/C13H20BrN/c1-11-6-5-7-12(8-11)15(4)10-13(2,3)9-14/h5-8H,9-10H2,1-4H3. The van der Waals surface area contributed by atoms with E-state index in [2.05, 4.69) is 72.9 Å². The quantitative estimate of drug-likeness (QED) is 0.751. The molecule has 1 rings (SSSR count). The van der Waals surface area contributed by atoms with Gasteiger partial charge in [-0.1, -0.05) is 41.9 Å². The molecule has 0 saturated heterocycles. The Morgan fingerprint density at radius 1 is 1.33 bits per heavy atom. The molecule has 0 atom stereocenters. The minimum absolute atomic E-state index is 0.304. The lowest BCUT2D eigenvalue weighted by atomic mass is 9.96. The van der Waals surface area contributed by atoms with Crippen molar-refractivity contribution in [1.82, 2.24) is 0 Å². The van der Waals surface area contributed by atoms with Gasteiger partial charge in [0.15, 0.2) is 0 Å². The SMILES string of the molecule is Cc1cccc(N(C)CC(C)(C)CBr)c1. The number of hydrogen-bond acceptors (Lipinski definition) is 1. The summed E-state index contributed by atoms with van der Waals surface area (Å²) in [4.78, 5) is 2.31. The first-order valence-electron chi connectivity index (χ1n) is 5.28. The van der Waals surface area contributed by atoms with Crippen LogP contribution in [0.5, 0.6) is 0 Å². The second-order valence-corrected chi connectivity index (χ2v) is 5.55. The molecule has 0 fully saturated rings. The number of rotatable bonds is 4. The summed E-state index contributed by atoms with van der Waals surface area (Å²) in [6, 6.07) is 8.64. The van der Waals surface area contributed by atoms with E-state index in [0.717, 1.165) is 11.9 Å². The van der Waals surface area contributed by atoms with Gasteiger partial charge in [-0.25, -0.2) is 0 Å². The van der Waals surface area contributed by atoms with E-state index in [1.165, 1.54) is 11.3 Å². The van der Waals surface area contributed by atoms with E-state index in [4.69, 9.17) is 0 Å². The first-order chi connectivity index (χ1) is 6.94. The van der Waals surface area contributed by atoms with Crippen LogP contribution in [-0.4, -0.2) is 18.9 Å². The van der Waals surface area contributed by atoms with Gasteiger partial charge >= 0.3 is 0 Å². The molecule has 1 aromatic carbocycles. The highest BCUT2D eigenvalue weighted by Gasteiger charge is 2.18. The molecule has 15 heavy (non-hydrogen) atoms. The molecule has 0 aliphatic rings. The third kappa shape index (κ3) is 3.86. The Balaban J connectivity index is 2.73. The summed E-state index contributed by atoms with van der Waals surface area (Å²) in [5.74, 6) is 0. The van der Waals surface area contributed by atoms with Gasteiger partial charge in [0, 0.05) is 24.6 Å². The van der Waals surface area contributed by atoms with E-state index in [1.807, 2.05) is 0 Å². The summed E-state index contributed by atoms with van der Waals surface area (Å²) in [7, 11) is 2.15. The van der Waals surface area contributed by atoms with Crippen molar-refractivity contribution in [2.45, 2.75) is 20.8 Å². The molecule has 0 spiro atoms. The van der Waals surface area contributed by atoms with E-state index in [0.29, 0.717) is 5.41 Å². The zero-order valence-corrected chi connectivity index (χ0v) is 11.6. The third-order valence-corrected chi connectivity index (χ3v) is 3.99. The maximum atomic E-state index is 3.56. The van der Waals surface area contributed by atoms with Crippen LogP contribution < -0.4 is 4.90 Å². The summed E-state index contributed by atoms with van der Waals surface area (Å²) in [5.41, 5.74) is 2.92. The fourth-order valence-corrected chi connectivity index (χ4v) is 1.82. The highest BCUT2D eigenvalue weighted by molar-refractivity contribution is 9.09. The van der Waals surface area contributed by atoms with Crippen molar-refractivity contribution in [2.75, 3.05) is 23.8 Å². The van der Waals surface area contributed by atoms with E-state index in [-0.39, 0.29) is 0 Å². The number of nitrogens with zero attached hydrogens (tertiary/aromatic N) is 1. The highest BCUT2D eigenvalue weighted by atomic mass is 79.9. The summed E-state index contributed by atoms with van der Waals surface area (Å²) in [5, 5.41) is 1.02. The van der Waals surface area contributed by atoms with Crippen LogP contribution in [0.4, 0.5) is 5.69 Å². The van der Waals surface area contributed by atoms with Gasteiger partial charge in [-0.05, 0) is 30.0 Å². The highest BCUT2D eigenvalue weighted by Crippen LogP contribution is 2.23. The summed E-state index contributed by atoms with van der Waals surface area (Å²) in [6.07, 6.45) is 0. The van der Waals surface area contributed by atoms with Gasteiger partial charge in [-0.2, -0.15) is 0 Å². The molecule has 0 bridgehead atoms. The van der Waals surface area contributed by atoms with Crippen molar-refractivity contribution >= 4 is 21.6 Å². The van der Waals surface area contributed by atoms with Crippen LogP contribution in [0.25, 0.3) is 0 Å². The predicted molar refractivity (Wildman–Crippen MR) is 72.0 cm³/mol. The van der Waals surface area contributed by atoms with Crippen molar-refractivity contribution in [3.05, 3.63) is 29.8 Å². The Hall–Kier alpha value is -0.500. The average Bonchev–Trinajstić information content (AvgIpc) is 2.17. The third-order valence-electron chi connectivity index (χ3n) is 2.47. The average molecular weight is 270 g/mol. The molecule has 0 aliphatic heterocycles. The van der Waals surface area contributed by atoms with Gasteiger partial charge in [0.25, 0.3) is 0 Å². The van der Waals surface area contributed by atoms with Crippen LogP contribution in [0.1, 0.15) is 19.4 Å². The Bertz CT molecular complexity index is 320. The summed E-state index contributed by atoms with van der Waals surface area (Å²) >= 11 is 3.56. The monoisotopic (exact) mass is 269 g/mol. The maximum Gasteiger partial charge on any atom is 0.0366 e. The van der Waals surface area contributed by atoms with Gasteiger partial charge in [-0.3, -0.25) is 0 Å². The van der Waals surface area contributed by atoms with Crippen molar-refractivity contribution in [3.63, 3.8) is 0 Å². The molecule has 0 radical (unpaired) electrons. The van der Waals surface area contributed by atoms with Gasteiger partial charge < -0.3 is 4.90 Å². The first-order valence-corrected chi connectivity index (χ1v) is 6.40. The number of anilines is 1. The van der Waals surface area contributed by atoms with Crippen LogP contribution in [0.3, 0.4) is 0 Å². The molecule has 0 heterocycles. The lowest BCUT2D eigenvalue weighted by Gasteiger charge is -2.30. The van der Waals surface area contributed by atoms with Crippen molar-refractivity contribution < 1.29 is 0 Å². The van der Waals surface area contributed by atoms with Crippen molar-refractivity contribution in [3.8, 4) is 0 Å². The zero-order valence-electron chi connectivity index (χ0n) is 10.0. The Morgan fingerprint density at radius 2 is 2.00 bits per heavy atom. The van der Waals surface area contributed by atoms with Crippen molar-refractivity contribution in [1.29, 1.82) is 0 Å². The van der Waals surface area contributed by atoms with E-state index < -0.39 is 0 Å². The van der Waals surface area contributed by atoms with Crippen molar-refractivity contribution in [2.24, 2.45) is 5.41 Å². The molecule has 1 aromatic rings. The lowest BCUT2D eigenvalue weighted by Crippen LogP contribution is -2.32. The van der Waals surface area contributed by atoms with E-state index in [9.17, 15) is 0 Å². The molecule has 0 aliphatic carbocycles. The summed E-state index contributed by atoms with van der Waals surface area (Å²) < 4.78 is 0. The van der Waals surface area contributed by atoms with Crippen LogP contribution >= 0.6 is 15.9 Å². The molecule has 0 saturated carbocycles. The lowest BCUT2D eigenvalue weighted by molar-refractivity contribution is 0.432. The van der Waals surface area contributed by atoms with Crippen LogP contribution in [0.15, 0.2) is 24.3 Å². The smallest absolute Gasteiger partial charge is 0.0366 e. The minimum atomic E-state index is 0.304. The molecule has 1 nitrogen and oxygen atoms in total. The number of alkyl halides is 1. The van der Waals surface area contributed by atoms with Crippen LogP contribution in [0.2, 0.25) is 0 Å². The molecule has 0 N–H and O–H groups in total. The number of hydrogen-bond donors (Lipinski definition) is 0. The fourth-order valence-electron chi connectivity index (χ4n) is 1.64. The summed E-state index contributed by atoms with van der Waals surface area (Å²) in [6.45, 7) is 7.73. The van der Waals surface area contributed by atoms with Gasteiger partial charge in [0.1, 0.15) is 0 Å². The van der Waals surface area contributed by atoms with Gasteiger partial charge in [0.2, 0.25) is 0 Å². The fraction of sp³-hybridized carbons (Fsp3) is 0.538. The molecule has 0 aromatic heterocycles. The first kappa shape index (κ1) is 12.6. The van der Waals surface area contributed by atoms with Gasteiger partial charge in [-0.15, -0.1) is 0 Å². The minimum Gasteiger partial charge on any atom is -0.374 e. The molecular weight excluding hydrogens is 250 g/mol. The van der Waals surface area contributed by atoms with E-state index >= 15 is 0 Å². The molecule has 0 amide bonds. The topological polar surface area (TPSA) is 3.24 Å². The van der Waals surface area contributed by atoms with Crippen LogP contribution in [0, 0.1) is 12.3 Å². The molecular formula is C13H20BrN. The zero-order chi connectivity index (χ0) is 11.5. The Labute approximate surface area is 102 Å². The molecule has 2 heteroatoms. The Kier molecular flexibility index (Phi) is 4.21. The molecule has 84 valence electrons. The maximum absolute atomic E-state index is 3.56. The second kappa shape index (κ2) is 5.02. The Morgan fingerprint density at radius 3 is 2.53 bits per heavy atom. The number of aryl methyl sites for hydroxylation is 1.